The van der Waals surface area contributed by atoms with Crippen molar-refractivity contribution in [3.8, 4) is 0 Å². The number of rotatable bonds is 3. The molecule has 0 aliphatic heterocycles. The van der Waals surface area contributed by atoms with Crippen LogP contribution >= 0.6 is 0 Å². The quantitative estimate of drug-likeness (QED) is 0.436. The summed E-state index contributed by atoms with van der Waals surface area (Å²) in [5.74, 6) is 0. The monoisotopic (exact) mass is 203 g/mol. The molecule has 0 saturated heterocycles. The molecule has 5 nitrogen and oxygen atoms in total. The molecule has 0 N–H and O–H groups in total. The average Bonchev–Trinajstić information content (AvgIpc) is 2.61. The fourth-order valence-electron chi connectivity index (χ4n) is 1.44. The molecule has 0 radical (unpaired) electrons. The molecule has 2 rings (SSSR count). The number of non-ortho nitro benzene ring substituents is 1. The van der Waals surface area contributed by atoms with Crippen molar-refractivity contribution < 1.29 is 4.92 Å². The maximum absolute atomic E-state index is 10.6. The molecule has 0 spiro atoms. The summed E-state index contributed by atoms with van der Waals surface area (Å²) in [7, 11) is 0. The van der Waals surface area contributed by atoms with Crippen molar-refractivity contribution in [2.45, 2.75) is 6.54 Å². The number of fused-ring (bicyclic) bond motifs is 1. The van der Waals surface area contributed by atoms with E-state index in [0.29, 0.717) is 6.54 Å². The van der Waals surface area contributed by atoms with Crippen molar-refractivity contribution >= 4 is 16.6 Å². The molecule has 1 aromatic heterocycles. The molecule has 0 unspecified atom stereocenters. The predicted octanol–water partition coefficient (Wildman–Crippen LogP) is 2.13. The predicted molar refractivity (Wildman–Crippen MR) is 56.6 cm³/mol. The number of aromatic nitrogens is 2. The molecule has 0 bridgehead atoms. The highest BCUT2D eigenvalue weighted by atomic mass is 16.6. The summed E-state index contributed by atoms with van der Waals surface area (Å²) in [6, 6.07) is 4.69. The Morgan fingerprint density at radius 1 is 1.60 bits per heavy atom. The first-order valence-electron chi connectivity index (χ1n) is 4.43. The van der Waals surface area contributed by atoms with E-state index in [9.17, 15) is 10.1 Å². The van der Waals surface area contributed by atoms with E-state index in [1.807, 2.05) is 0 Å². The van der Waals surface area contributed by atoms with E-state index in [1.165, 1.54) is 12.1 Å². The standard InChI is InChI=1S/C10H9N3O2/c1-2-5-12-10-6-9(13(14)15)4-3-8(10)7-11-12/h2-4,6-7H,1,5H2. The van der Waals surface area contributed by atoms with Gasteiger partial charge in [0.25, 0.3) is 5.69 Å². The number of nitro groups is 1. The summed E-state index contributed by atoms with van der Waals surface area (Å²) < 4.78 is 1.68. The van der Waals surface area contributed by atoms with Gasteiger partial charge in [0.15, 0.2) is 0 Å². The maximum atomic E-state index is 10.6. The molecule has 0 amide bonds. The third-order valence-corrected chi connectivity index (χ3v) is 2.14. The summed E-state index contributed by atoms with van der Waals surface area (Å²) in [5.41, 5.74) is 0.831. The van der Waals surface area contributed by atoms with Crippen LogP contribution in [0.3, 0.4) is 0 Å². The second kappa shape index (κ2) is 3.53. The Balaban J connectivity index is 2.60. The highest BCUT2D eigenvalue weighted by molar-refractivity contribution is 5.80. The fourth-order valence-corrected chi connectivity index (χ4v) is 1.44. The summed E-state index contributed by atoms with van der Waals surface area (Å²) >= 11 is 0. The summed E-state index contributed by atoms with van der Waals surface area (Å²) in [6.07, 6.45) is 3.38. The number of hydrogen-bond acceptors (Lipinski definition) is 3. The average molecular weight is 203 g/mol. The lowest BCUT2D eigenvalue weighted by atomic mass is 10.2. The topological polar surface area (TPSA) is 61.0 Å². The Labute approximate surface area is 85.8 Å². The van der Waals surface area contributed by atoms with Crippen LogP contribution in [-0.2, 0) is 6.54 Å². The van der Waals surface area contributed by atoms with Gasteiger partial charge in [-0.3, -0.25) is 14.8 Å². The third kappa shape index (κ3) is 1.59. The summed E-state index contributed by atoms with van der Waals surface area (Å²) in [4.78, 5) is 10.2. The number of allylic oxidation sites excluding steroid dienone is 1. The second-order valence-electron chi connectivity index (χ2n) is 3.12. The van der Waals surface area contributed by atoms with Crippen molar-refractivity contribution in [3.05, 3.63) is 47.2 Å². The van der Waals surface area contributed by atoms with Crippen LogP contribution in [0.5, 0.6) is 0 Å². The number of hydrogen-bond donors (Lipinski definition) is 0. The Morgan fingerprint density at radius 2 is 2.40 bits per heavy atom. The number of benzene rings is 1. The van der Waals surface area contributed by atoms with Gasteiger partial charge in [0.2, 0.25) is 0 Å². The van der Waals surface area contributed by atoms with Crippen molar-refractivity contribution in [2.75, 3.05) is 0 Å². The Kier molecular flexibility index (Phi) is 2.21. The zero-order chi connectivity index (χ0) is 10.8. The molecule has 1 aromatic carbocycles. The lowest BCUT2D eigenvalue weighted by Gasteiger charge is -1.98. The van der Waals surface area contributed by atoms with Crippen LogP contribution in [-0.4, -0.2) is 14.7 Å². The van der Waals surface area contributed by atoms with Crippen molar-refractivity contribution in [3.63, 3.8) is 0 Å². The van der Waals surface area contributed by atoms with Gasteiger partial charge in [0, 0.05) is 17.5 Å². The molecule has 0 aliphatic rings. The minimum Gasteiger partial charge on any atom is -0.261 e. The lowest BCUT2D eigenvalue weighted by molar-refractivity contribution is -0.384. The molecule has 15 heavy (non-hydrogen) atoms. The molecule has 0 saturated carbocycles. The van der Waals surface area contributed by atoms with E-state index in [0.717, 1.165) is 10.9 Å². The smallest absolute Gasteiger partial charge is 0.261 e. The Hall–Kier alpha value is -2.17. The maximum Gasteiger partial charge on any atom is 0.271 e. The first-order valence-corrected chi connectivity index (χ1v) is 4.43. The number of nitro benzene ring substituents is 1. The van der Waals surface area contributed by atoms with E-state index < -0.39 is 4.92 Å². The van der Waals surface area contributed by atoms with Gasteiger partial charge < -0.3 is 0 Å². The molecular weight excluding hydrogens is 194 g/mol. The molecule has 0 aliphatic carbocycles. The Bertz CT molecular complexity index is 530. The van der Waals surface area contributed by atoms with E-state index >= 15 is 0 Å². The normalized spacial score (nSPS) is 10.4. The minimum absolute atomic E-state index is 0.0771. The van der Waals surface area contributed by atoms with E-state index in [-0.39, 0.29) is 5.69 Å². The van der Waals surface area contributed by atoms with Crippen LogP contribution in [0.15, 0.2) is 37.1 Å². The van der Waals surface area contributed by atoms with Crippen LogP contribution in [0.1, 0.15) is 0 Å². The molecule has 0 fully saturated rings. The van der Waals surface area contributed by atoms with Gasteiger partial charge in [-0.2, -0.15) is 5.10 Å². The first-order chi connectivity index (χ1) is 7.22. The van der Waals surface area contributed by atoms with E-state index in [2.05, 4.69) is 11.7 Å². The minimum atomic E-state index is -0.412. The Morgan fingerprint density at radius 3 is 3.07 bits per heavy atom. The first kappa shape index (κ1) is 9.39. The van der Waals surface area contributed by atoms with Gasteiger partial charge in [-0.1, -0.05) is 6.08 Å². The van der Waals surface area contributed by atoms with Gasteiger partial charge in [-0.25, -0.2) is 0 Å². The van der Waals surface area contributed by atoms with Crippen LogP contribution in [0.4, 0.5) is 5.69 Å². The van der Waals surface area contributed by atoms with Gasteiger partial charge >= 0.3 is 0 Å². The van der Waals surface area contributed by atoms with Crippen LogP contribution in [0.25, 0.3) is 10.9 Å². The van der Waals surface area contributed by atoms with Crippen molar-refractivity contribution in [1.29, 1.82) is 0 Å². The molecule has 0 atom stereocenters. The molecular formula is C10H9N3O2. The number of nitrogens with zero attached hydrogens (tertiary/aromatic N) is 3. The van der Waals surface area contributed by atoms with Crippen LogP contribution in [0, 0.1) is 10.1 Å². The zero-order valence-corrected chi connectivity index (χ0v) is 7.96. The lowest BCUT2D eigenvalue weighted by Crippen LogP contribution is -1.97. The van der Waals surface area contributed by atoms with Gasteiger partial charge in [0.05, 0.1) is 23.2 Å². The SMILES string of the molecule is C=CCn1ncc2ccc([N+](=O)[O-])cc21. The second-order valence-corrected chi connectivity index (χ2v) is 3.12. The summed E-state index contributed by atoms with van der Waals surface area (Å²) in [6.45, 7) is 4.15. The van der Waals surface area contributed by atoms with Crippen molar-refractivity contribution in [1.82, 2.24) is 9.78 Å². The largest absolute Gasteiger partial charge is 0.271 e. The van der Waals surface area contributed by atoms with E-state index in [1.54, 1.807) is 23.0 Å². The third-order valence-electron chi connectivity index (χ3n) is 2.14. The van der Waals surface area contributed by atoms with Crippen LogP contribution in [0.2, 0.25) is 0 Å². The molecule has 2 aromatic rings. The zero-order valence-electron chi connectivity index (χ0n) is 7.96. The highest BCUT2D eigenvalue weighted by Gasteiger charge is 2.08. The molecule has 5 heteroatoms. The molecule has 1 heterocycles. The highest BCUT2D eigenvalue weighted by Crippen LogP contribution is 2.20. The molecule has 76 valence electrons. The van der Waals surface area contributed by atoms with Crippen LogP contribution < -0.4 is 0 Å². The van der Waals surface area contributed by atoms with Gasteiger partial charge in [-0.15, -0.1) is 6.58 Å². The van der Waals surface area contributed by atoms with Gasteiger partial charge in [0.1, 0.15) is 0 Å². The van der Waals surface area contributed by atoms with Crippen molar-refractivity contribution in [2.24, 2.45) is 0 Å². The van der Waals surface area contributed by atoms with Gasteiger partial charge in [-0.05, 0) is 6.07 Å². The van der Waals surface area contributed by atoms with E-state index in [4.69, 9.17) is 0 Å². The fraction of sp³-hybridized carbons (Fsp3) is 0.100. The summed E-state index contributed by atoms with van der Waals surface area (Å²) in [5, 5.41) is 15.6.